The van der Waals surface area contributed by atoms with Crippen molar-refractivity contribution in [3.8, 4) is 0 Å². The van der Waals surface area contributed by atoms with E-state index < -0.39 is 0 Å². The molecule has 1 saturated heterocycles. The molecule has 1 atom stereocenters. The molecule has 0 aromatic rings. The second-order valence-electron chi connectivity index (χ2n) is 9.41. The molecule has 0 aromatic heterocycles. The Morgan fingerprint density at radius 3 is 2.48 bits per heavy atom. The van der Waals surface area contributed by atoms with Gasteiger partial charge in [0, 0.05) is 38.4 Å². The first-order valence-corrected chi connectivity index (χ1v) is 11.0. The van der Waals surface area contributed by atoms with Gasteiger partial charge in [0.05, 0.1) is 6.04 Å². The van der Waals surface area contributed by atoms with Crippen LogP contribution >= 0.6 is 0 Å². The highest BCUT2D eigenvalue weighted by atomic mass is 16.2. The van der Waals surface area contributed by atoms with Crippen LogP contribution in [-0.2, 0) is 4.79 Å². The Balaban J connectivity index is 1.31. The molecule has 5 aliphatic rings. The molecule has 0 unspecified atom stereocenters. The number of hydrogen-bond acceptors (Lipinski definition) is 4. The van der Waals surface area contributed by atoms with Crippen LogP contribution in [0.5, 0.6) is 0 Å². The summed E-state index contributed by atoms with van der Waals surface area (Å²) in [7, 11) is 0. The van der Waals surface area contributed by atoms with Crippen molar-refractivity contribution >= 4 is 12.1 Å². The maximum absolute atomic E-state index is 13.1. The van der Waals surface area contributed by atoms with Gasteiger partial charge >= 0.3 is 0 Å². The highest BCUT2D eigenvalue weighted by Crippen LogP contribution is 2.53. The monoisotopic (exact) mass is 372 g/mol. The molecule has 5 nitrogen and oxygen atoms in total. The van der Waals surface area contributed by atoms with Gasteiger partial charge in [0.15, 0.2) is 0 Å². The van der Waals surface area contributed by atoms with Gasteiger partial charge in [0.25, 0.3) is 0 Å². The summed E-state index contributed by atoms with van der Waals surface area (Å²) in [5.41, 5.74) is 0. The Labute approximate surface area is 164 Å². The summed E-state index contributed by atoms with van der Waals surface area (Å²) in [6.07, 6.45) is 12.3. The van der Waals surface area contributed by atoms with E-state index in [2.05, 4.69) is 21.7 Å². The molecule has 1 heterocycles. The third-order valence-corrected chi connectivity index (χ3v) is 7.64. The third kappa shape index (κ3) is 4.14. The molecule has 4 aliphatic carbocycles. The fourth-order valence-electron chi connectivity index (χ4n) is 6.65. The summed E-state index contributed by atoms with van der Waals surface area (Å²) in [5.74, 6) is 3.68. The van der Waals surface area contributed by atoms with E-state index >= 15 is 0 Å². The lowest BCUT2D eigenvalue weighted by Gasteiger charge is -2.54. The van der Waals surface area contributed by atoms with Crippen molar-refractivity contribution in [2.45, 2.75) is 57.0 Å². The molecule has 1 aliphatic heterocycles. The Morgan fingerprint density at radius 2 is 1.85 bits per heavy atom. The lowest BCUT2D eigenvalue weighted by Crippen LogP contribution is -2.58. The second-order valence-corrected chi connectivity index (χ2v) is 9.41. The van der Waals surface area contributed by atoms with Crippen LogP contribution in [0.1, 0.15) is 44.9 Å². The van der Waals surface area contributed by atoms with Gasteiger partial charge in [-0.1, -0.05) is 6.08 Å². The quantitative estimate of drug-likeness (QED) is 0.483. The average molecular weight is 373 g/mol. The maximum atomic E-state index is 13.1. The minimum Gasteiger partial charge on any atom is -0.351 e. The summed E-state index contributed by atoms with van der Waals surface area (Å²) < 4.78 is 0. The van der Waals surface area contributed by atoms with Crippen molar-refractivity contribution in [1.82, 2.24) is 15.1 Å². The molecule has 0 radical (unpaired) electrons. The van der Waals surface area contributed by atoms with Gasteiger partial charge in [-0.25, -0.2) is 0 Å². The van der Waals surface area contributed by atoms with Crippen LogP contribution in [-0.4, -0.2) is 66.7 Å². The second kappa shape index (κ2) is 8.44. The Kier molecular flexibility index (Phi) is 5.98. The third-order valence-electron chi connectivity index (χ3n) is 7.64. The summed E-state index contributed by atoms with van der Waals surface area (Å²) in [5, 5.41) is 10.9. The van der Waals surface area contributed by atoms with E-state index in [4.69, 9.17) is 5.41 Å². The summed E-state index contributed by atoms with van der Waals surface area (Å²) in [4.78, 5) is 17.7. The maximum Gasteiger partial charge on any atom is 0.237 e. The SMILES string of the molecule is C=CCN(CC=N)CCN1CCC[C@@H]1C(=O)NC1C2CC3CC(C2)CC1C3. The normalized spacial score (nSPS) is 37.7. The first kappa shape index (κ1) is 19.1. The van der Waals surface area contributed by atoms with Gasteiger partial charge in [-0.3, -0.25) is 14.6 Å². The van der Waals surface area contributed by atoms with E-state index in [0.717, 1.165) is 62.7 Å². The van der Waals surface area contributed by atoms with Crippen LogP contribution in [0.4, 0.5) is 0 Å². The Morgan fingerprint density at radius 1 is 1.15 bits per heavy atom. The van der Waals surface area contributed by atoms with Crippen LogP contribution < -0.4 is 5.32 Å². The molecule has 5 fully saturated rings. The number of rotatable bonds is 9. The van der Waals surface area contributed by atoms with Crippen molar-refractivity contribution < 1.29 is 4.79 Å². The number of nitrogens with zero attached hydrogens (tertiary/aromatic N) is 2. The first-order valence-electron chi connectivity index (χ1n) is 11.0. The molecule has 4 saturated carbocycles. The number of likely N-dealkylation sites (tertiary alicyclic amines) is 1. The summed E-state index contributed by atoms with van der Waals surface area (Å²) in [6.45, 7) is 8.09. The van der Waals surface area contributed by atoms with Crippen molar-refractivity contribution in [2.75, 3.05) is 32.7 Å². The predicted octanol–water partition coefficient (Wildman–Crippen LogP) is 2.53. The zero-order valence-electron chi connectivity index (χ0n) is 16.6. The lowest BCUT2D eigenvalue weighted by atomic mass is 9.54. The van der Waals surface area contributed by atoms with Crippen LogP contribution in [0.2, 0.25) is 0 Å². The number of nitrogens with one attached hydrogen (secondary N) is 2. The van der Waals surface area contributed by atoms with Crippen molar-refractivity contribution in [3.63, 3.8) is 0 Å². The molecular formula is C22H36N4O. The molecule has 0 aromatic carbocycles. The van der Waals surface area contributed by atoms with E-state index in [-0.39, 0.29) is 11.9 Å². The molecule has 27 heavy (non-hydrogen) atoms. The molecular weight excluding hydrogens is 336 g/mol. The van der Waals surface area contributed by atoms with Gasteiger partial charge < -0.3 is 10.7 Å². The standard InChI is InChI=1S/C22H36N4O/c1-2-6-25(8-5-23)9-10-26-7-3-4-20(26)22(27)24-21-18-12-16-11-17(14-18)15-19(21)13-16/h2,5,16-21,23H,1,3-4,6-15H2,(H,24,27)/t16?,17?,18?,19?,20-,21?/m1/s1. The van der Waals surface area contributed by atoms with Gasteiger partial charge in [-0.05, 0) is 75.2 Å². The van der Waals surface area contributed by atoms with Gasteiger partial charge in [0.2, 0.25) is 5.91 Å². The zero-order valence-corrected chi connectivity index (χ0v) is 16.6. The van der Waals surface area contributed by atoms with Gasteiger partial charge in [0.1, 0.15) is 0 Å². The summed E-state index contributed by atoms with van der Waals surface area (Å²) in [6, 6.07) is 0.496. The van der Waals surface area contributed by atoms with Gasteiger partial charge in [-0.15, -0.1) is 6.58 Å². The highest BCUT2D eigenvalue weighted by molar-refractivity contribution is 5.82. The van der Waals surface area contributed by atoms with Crippen LogP contribution in [0, 0.1) is 29.1 Å². The highest BCUT2D eigenvalue weighted by Gasteiger charge is 2.49. The molecule has 5 heteroatoms. The van der Waals surface area contributed by atoms with Crippen LogP contribution in [0.15, 0.2) is 12.7 Å². The average Bonchev–Trinajstić information content (AvgIpc) is 3.11. The van der Waals surface area contributed by atoms with Crippen molar-refractivity contribution in [3.05, 3.63) is 12.7 Å². The number of carbonyl (C=O) groups excluding carboxylic acids is 1. The molecule has 4 bridgehead atoms. The zero-order chi connectivity index (χ0) is 18.8. The van der Waals surface area contributed by atoms with Crippen LogP contribution in [0.3, 0.4) is 0 Å². The van der Waals surface area contributed by atoms with Crippen molar-refractivity contribution in [2.24, 2.45) is 23.7 Å². The molecule has 0 spiro atoms. The predicted molar refractivity (Wildman–Crippen MR) is 109 cm³/mol. The Hall–Kier alpha value is -1.20. The van der Waals surface area contributed by atoms with E-state index in [1.54, 1.807) is 0 Å². The fraction of sp³-hybridized carbons (Fsp3) is 0.818. The Bertz CT molecular complexity index is 525. The largest absolute Gasteiger partial charge is 0.351 e. The first-order chi connectivity index (χ1) is 13.2. The smallest absolute Gasteiger partial charge is 0.237 e. The fourth-order valence-corrected chi connectivity index (χ4v) is 6.65. The van der Waals surface area contributed by atoms with E-state index in [1.807, 2.05) is 6.08 Å². The van der Waals surface area contributed by atoms with Gasteiger partial charge in [-0.2, -0.15) is 0 Å². The number of amides is 1. The van der Waals surface area contributed by atoms with E-state index in [0.29, 0.717) is 12.6 Å². The van der Waals surface area contributed by atoms with Crippen LogP contribution in [0.25, 0.3) is 0 Å². The summed E-state index contributed by atoms with van der Waals surface area (Å²) >= 11 is 0. The minimum absolute atomic E-state index is 0.0488. The van der Waals surface area contributed by atoms with E-state index in [9.17, 15) is 4.79 Å². The number of carbonyl (C=O) groups is 1. The topological polar surface area (TPSA) is 59.4 Å². The number of hydrogen-bond donors (Lipinski definition) is 2. The molecule has 5 rings (SSSR count). The lowest BCUT2D eigenvalue weighted by molar-refractivity contribution is -0.129. The molecule has 150 valence electrons. The molecule has 2 N–H and O–H groups in total. The molecule has 1 amide bonds. The van der Waals surface area contributed by atoms with Crippen molar-refractivity contribution in [1.29, 1.82) is 5.41 Å². The van der Waals surface area contributed by atoms with E-state index in [1.165, 1.54) is 38.3 Å². The minimum atomic E-state index is 0.0488.